The quantitative estimate of drug-likeness (QED) is 0.615. The second-order valence-corrected chi connectivity index (χ2v) is 11.9. The summed E-state index contributed by atoms with van der Waals surface area (Å²) >= 11 is 0. The second-order valence-electron chi connectivity index (χ2n) is 9.99. The lowest BCUT2D eigenvalue weighted by Gasteiger charge is -2.33. The molecule has 0 saturated carbocycles. The van der Waals surface area contributed by atoms with Crippen LogP contribution < -0.4 is 9.62 Å². The van der Waals surface area contributed by atoms with Crippen molar-refractivity contribution in [2.24, 2.45) is 0 Å². The predicted octanol–water partition coefficient (Wildman–Crippen LogP) is 3.71. The molecule has 0 aliphatic heterocycles. The summed E-state index contributed by atoms with van der Waals surface area (Å²) in [6.07, 6.45) is 1.08. The molecule has 7 nitrogen and oxygen atoms in total. The van der Waals surface area contributed by atoms with E-state index in [4.69, 9.17) is 0 Å². The molecule has 2 rings (SSSR count). The van der Waals surface area contributed by atoms with Gasteiger partial charge >= 0.3 is 0 Å². The molecule has 8 heteroatoms. The highest BCUT2D eigenvalue weighted by atomic mass is 32.2. The summed E-state index contributed by atoms with van der Waals surface area (Å²) < 4.78 is 26.5. The topological polar surface area (TPSA) is 86.8 Å². The Bertz CT molecular complexity index is 1150. The number of rotatable bonds is 8. The molecule has 0 radical (unpaired) electrons. The Labute approximate surface area is 204 Å². The van der Waals surface area contributed by atoms with Gasteiger partial charge in [0.15, 0.2) is 0 Å². The molecule has 0 unspecified atom stereocenters. The summed E-state index contributed by atoms with van der Waals surface area (Å²) in [7, 11) is -3.75. The van der Waals surface area contributed by atoms with E-state index in [1.165, 1.54) is 4.90 Å². The maximum absolute atomic E-state index is 13.6. The molecule has 186 valence electrons. The highest BCUT2D eigenvalue weighted by Crippen LogP contribution is 2.24. The van der Waals surface area contributed by atoms with E-state index in [-0.39, 0.29) is 12.5 Å². The van der Waals surface area contributed by atoms with Crippen LogP contribution in [0.15, 0.2) is 42.5 Å². The fraction of sp³-hybridized carbons (Fsp3) is 0.462. The molecular weight excluding hydrogens is 450 g/mol. The van der Waals surface area contributed by atoms with Gasteiger partial charge in [0.2, 0.25) is 21.8 Å². The van der Waals surface area contributed by atoms with E-state index in [1.54, 1.807) is 13.0 Å². The SMILES string of the molecule is Cc1cccc(CN(C(=O)CN(c2ccc(C)cc2C)S(C)(=O)=O)[C@@H](C)C(=O)NC(C)(C)C)c1. The first-order chi connectivity index (χ1) is 15.6. The van der Waals surface area contributed by atoms with Crippen molar-refractivity contribution in [1.82, 2.24) is 10.2 Å². The van der Waals surface area contributed by atoms with E-state index in [0.717, 1.165) is 32.8 Å². The summed E-state index contributed by atoms with van der Waals surface area (Å²) in [5, 5.41) is 2.92. The number of benzene rings is 2. The van der Waals surface area contributed by atoms with E-state index >= 15 is 0 Å². The van der Waals surface area contributed by atoms with E-state index < -0.39 is 34.1 Å². The molecule has 0 aromatic heterocycles. The van der Waals surface area contributed by atoms with Gasteiger partial charge in [0.1, 0.15) is 12.6 Å². The Kier molecular flexibility index (Phi) is 8.53. The molecule has 34 heavy (non-hydrogen) atoms. The predicted molar refractivity (Wildman–Crippen MR) is 137 cm³/mol. The lowest BCUT2D eigenvalue weighted by Crippen LogP contribution is -2.54. The largest absolute Gasteiger partial charge is 0.350 e. The van der Waals surface area contributed by atoms with Gasteiger partial charge in [0.25, 0.3) is 0 Å². The van der Waals surface area contributed by atoms with Crippen LogP contribution in [-0.2, 0) is 26.2 Å². The third kappa shape index (κ3) is 7.58. The molecule has 0 spiro atoms. The minimum Gasteiger partial charge on any atom is -0.350 e. The van der Waals surface area contributed by atoms with Crippen molar-refractivity contribution in [2.45, 2.75) is 66.6 Å². The number of hydrogen-bond donors (Lipinski definition) is 1. The van der Waals surface area contributed by atoms with Gasteiger partial charge in [-0.3, -0.25) is 13.9 Å². The normalized spacial score (nSPS) is 12.7. The van der Waals surface area contributed by atoms with Crippen molar-refractivity contribution in [3.8, 4) is 0 Å². The van der Waals surface area contributed by atoms with E-state index in [1.807, 2.05) is 77.9 Å². The van der Waals surface area contributed by atoms with Gasteiger partial charge in [-0.1, -0.05) is 47.5 Å². The fourth-order valence-corrected chi connectivity index (χ4v) is 4.65. The van der Waals surface area contributed by atoms with Crippen LogP contribution in [0, 0.1) is 20.8 Å². The lowest BCUT2D eigenvalue weighted by atomic mass is 10.1. The van der Waals surface area contributed by atoms with Crippen LogP contribution in [0.25, 0.3) is 0 Å². The molecule has 2 amide bonds. The maximum Gasteiger partial charge on any atom is 0.244 e. The van der Waals surface area contributed by atoms with Gasteiger partial charge in [-0.15, -0.1) is 0 Å². The van der Waals surface area contributed by atoms with E-state index in [0.29, 0.717) is 5.69 Å². The highest BCUT2D eigenvalue weighted by Gasteiger charge is 2.31. The number of nitrogens with one attached hydrogen (secondary N) is 1. The summed E-state index contributed by atoms with van der Waals surface area (Å²) in [6.45, 7) is 12.8. The van der Waals surface area contributed by atoms with Crippen molar-refractivity contribution < 1.29 is 18.0 Å². The van der Waals surface area contributed by atoms with Crippen molar-refractivity contribution in [3.63, 3.8) is 0 Å². The minimum absolute atomic E-state index is 0.184. The van der Waals surface area contributed by atoms with Crippen LogP contribution in [0.3, 0.4) is 0 Å². The second kappa shape index (κ2) is 10.6. The van der Waals surface area contributed by atoms with Crippen molar-refractivity contribution in [1.29, 1.82) is 0 Å². The molecule has 0 bridgehead atoms. The van der Waals surface area contributed by atoms with Crippen molar-refractivity contribution in [3.05, 3.63) is 64.7 Å². The van der Waals surface area contributed by atoms with Crippen LogP contribution >= 0.6 is 0 Å². The number of nitrogens with zero attached hydrogens (tertiary/aromatic N) is 2. The molecule has 2 aromatic carbocycles. The smallest absolute Gasteiger partial charge is 0.244 e. The third-order valence-electron chi connectivity index (χ3n) is 5.40. The monoisotopic (exact) mass is 487 g/mol. The van der Waals surface area contributed by atoms with Crippen molar-refractivity contribution in [2.75, 3.05) is 17.1 Å². The number of anilines is 1. The third-order valence-corrected chi connectivity index (χ3v) is 6.53. The van der Waals surface area contributed by atoms with Gasteiger partial charge in [-0.25, -0.2) is 8.42 Å². The first-order valence-electron chi connectivity index (χ1n) is 11.3. The number of hydrogen-bond acceptors (Lipinski definition) is 4. The summed E-state index contributed by atoms with van der Waals surface area (Å²) in [5.74, 6) is -0.755. The fourth-order valence-electron chi connectivity index (χ4n) is 3.74. The molecule has 0 saturated heterocycles. The van der Waals surface area contributed by atoms with Gasteiger partial charge in [-0.05, 0) is 65.7 Å². The van der Waals surface area contributed by atoms with Gasteiger partial charge in [0.05, 0.1) is 11.9 Å². The zero-order valence-corrected chi connectivity index (χ0v) is 22.3. The zero-order chi connectivity index (χ0) is 25.8. The van der Waals surface area contributed by atoms with Crippen LogP contribution in [-0.4, -0.2) is 49.5 Å². The molecule has 1 atom stereocenters. The zero-order valence-electron chi connectivity index (χ0n) is 21.5. The van der Waals surface area contributed by atoms with Gasteiger partial charge in [-0.2, -0.15) is 0 Å². The molecule has 0 aliphatic rings. The Hall–Kier alpha value is -2.87. The van der Waals surface area contributed by atoms with Crippen LogP contribution in [0.1, 0.15) is 49.9 Å². The number of aryl methyl sites for hydroxylation is 3. The van der Waals surface area contributed by atoms with Crippen molar-refractivity contribution >= 4 is 27.5 Å². The minimum atomic E-state index is -3.75. The van der Waals surface area contributed by atoms with Crippen LogP contribution in [0.2, 0.25) is 0 Å². The highest BCUT2D eigenvalue weighted by molar-refractivity contribution is 7.92. The standard InChI is InChI=1S/C26H37N3O4S/c1-18-10-9-11-22(15-18)16-28(21(4)25(31)27-26(5,6)7)24(30)17-29(34(8,32)33)23-13-12-19(2)14-20(23)3/h9-15,21H,16-17H2,1-8H3,(H,27,31)/t21-/m0/s1. The lowest BCUT2D eigenvalue weighted by molar-refractivity contribution is -0.140. The van der Waals surface area contributed by atoms with Crippen LogP contribution in [0.5, 0.6) is 0 Å². The van der Waals surface area contributed by atoms with E-state index in [9.17, 15) is 18.0 Å². The van der Waals surface area contributed by atoms with E-state index in [2.05, 4.69) is 5.32 Å². The first-order valence-corrected chi connectivity index (χ1v) is 13.2. The maximum atomic E-state index is 13.6. The molecule has 0 heterocycles. The Morgan fingerprint density at radius 2 is 1.62 bits per heavy atom. The Balaban J connectivity index is 2.44. The average molecular weight is 488 g/mol. The molecule has 2 aromatic rings. The Morgan fingerprint density at radius 3 is 2.15 bits per heavy atom. The first kappa shape index (κ1) is 27.4. The number of amides is 2. The van der Waals surface area contributed by atoms with Gasteiger partial charge < -0.3 is 10.2 Å². The molecule has 0 aliphatic carbocycles. The molecule has 0 fully saturated rings. The summed E-state index contributed by atoms with van der Waals surface area (Å²) in [5.41, 5.74) is 3.62. The summed E-state index contributed by atoms with van der Waals surface area (Å²) in [4.78, 5) is 28.0. The number of carbonyl (C=O) groups excluding carboxylic acids is 2. The molecular formula is C26H37N3O4S. The van der Waals surface area contributed by atoms with Gasteiger partial charge in [0, 0.05) is 12.1 Å². The van der Waals surface area contributed by atoms with Crippen LogP contribution in [0.4, 0.5) is 5.69 Å². The number of sulfonamides is 1. The Morgan fingerprint density at radius 1 is 1.00 bits per heavy atom. The number of carbonyl (C=O) groups is 2. The molecule has 1 N–H and O–H groups in total. The summed E-state index contributed by atoms with van der Waals surface area (Å²) in [6, 6.07) is 12.3. The average Bonchev–Trinajstić information content (AvgIpc) is 2.68.